The highest BCUT2D eigenvalue weighted by Crippen LogP contribution is 2.48. The third kappa shape index (κ3) is 3.13. The smallest absolute Gasteiger partial charge is 0.225 e. The Balaban J connectivity index is 1.68. The van der Waals surface area contributed by atoms with Crippen LogP contribution in [0.15, 0.2) is 18.7 Å². The molecule has 2 aliphatic rings. The van der Waals surface area contributed by atoms with Crippen LogP contribution >= 0.6 is 11.3 Å². The molecule has 1 fully saturated rings. The summed E-state index contributed by atoms with van der Waals surface area (Å²) in [6.07, 6.45) is 7.93. The van der Waals surface area contributed by atoms with Gasteiger partial charge in [0, 0.05) is 16.8 Å². The molecule has 0 aromatic carbocycles. The van der Waals surface area contributed by atoms with Crippen LogP contribution in [0, 0.1) is 0 Å². The van der Waals surface area contributed by atoms with Gasteiger partial charge in [-0.1, -0.05) is 6.58 Å². The number of rotatable bonds is 5. The molecule has 2 aliphatic carbocycles. The minimum absolute atomic E-state index is 0.198. The van der Waals surface area contributed by atoms with Gasteiger partial charge in [-0.25, -0.2) is 9.97 Å². The summed E-state index contributed by atoms with van der Waals surface area (Å²) in [5.41, 5.74) is 7.29. The Morgan fingerprint density at radius 1 is 1.28 bits per heavy atom. The molecule has 6 heteroatoms. The van der Waals surface area contributed by atoms with Crippen molar-refractivity contribution >= 4 is 21.6 Å². The van der Waals surface area contributed by atoms with E-state index in [2.05, 4.69) is 16.5 Å². The standard InChI is InChI=1S/C19H25N3O2S/c1-3-23-11(2)14-8-9-15-16(14)17-18(21-10-22-19(17)25-15)24-13-6-4-12(20)5-7-13/h10,12-14H,2-9,20H2,1H3/t12-,13-,14?. The van der Waals surface area contributed by atoms with E-state index in [0.29, 0.717) is 12.6 Å². The molecule has 1 saturated carbocycles. The van der Waals surface area contributed by atoms with Crippen molar-refractivity contribution in [3.63, 3.8) is 0 Å². The molecule has 2 aromatic heterocycles. The lowest BCUT2D eigenvalue weighted by Crippen LogP contribution is -2.31. The molecule has 4 rings (SSSR count). The van der Waals surface area contributed by atoms with Gasteiger partial charge in [0.25, 0.3) is 0 Å². The van der Waals surface area contributed by atoms with E-state index in [9.17, 15) is 0 Å². The van der Waals surface area contributed by atoms with Gasteiger partial charge in [0.05, 0.1) is 17.8 Å². The number of hydrogen-bond donors (Lipinski definition) is 1. The number of fused-ring (bicyclic) bond motifs is 3. The van der Waals surface area contributed by atoms with Gasteiger partial charge in [-0.3, -0.25) is 0 Å². The number of ether oxygens (including phenoxy) is 2. The van der Waals surface area contributed by atoms with Gasteiger partial charge >= 0.3 is 0 Å². The molecule has 25 heavy (non-hydrogen) atoms. The lowest BCUT2D eigenvalue weighted by atomic mass is 9.93. The minimum Gasteiger partial charge on any atom is -0.498 e. The quantitative estimate of drug-likeness (QED) is 0.819. The Labute approximate surface area is 152 Å². The SMILES string of the molecule is C=C(OCC)C1CCc2sc3ncnc(O[C@H]4CC[C@H](N)CC4)c3c21. The number of hydrogen-bond acceptors (Lipinski definition) is 6. The maximum Gasteiger partial charge on any atom is 0.225 e. The van der Waals surface area contributed by atoms with Gasteiger partial charge in [0.2, 0.25) is 5.88 Å². The van der Waals surface area contributed by atoms with Gasteiger partial charge in [0.15, 0.2) is 0 Å². The molecule has 1 atom stereocenters. The number of aryl methyl sites for hydroxylation is 1. The molecule has 0 radical (unpaired) electrons. The maximum atomic E-state index is 6.32. The first-order valence-electron chi connectivity index (χ1n) is 9.17. The van der Waals surface area contributed by atoms with Crippen molar-refractivity contribution < 1.29 is 9.47 Å². The van der Waals surface area contributed by atoms with Crippen LogP contribution in [-0.4, -0.2) is 28.7 Å². The summed E-state index contributed by atoms with van der Waals surface area (Å²) in [4.78, 5) is 11.4. The van der Waals surface area contributed by atoms with Gasteiger partial charge in [0.1, 0.15) is 17.3 Å². The van der Waals surface area contributed by atoms with Gasteiger partial charge in [-0.15, -0.1) is 11.3 Å². The first-order chi connectivity index (χ1) is 12.2. The highest BCUT2D eigenvalue weighted by molar-refractivity contribution is 7.19. The number of nitrogens with two attached hydrogens (primary N) is 1. The highest BCUT2D eigenvalue weighted by atomic mass is 32.1. The summed E-state index contributed by atoms with van der Waals surface area (Å²) in [6.45, 7) is 6.80. The molecule has 2 aromatic rings. The summed E-state index contributed by atoms with van der Waals surface area (Å²) in [5.74, 6) is 1.79. The summed E-state index contributed by atoms with van der Waals surface area (Å²) in [7, 11) is 0. The molecular formula is C19H25N3O2S. The van der Waals surface area contributed by atoms with Crippen LogP contribution in [0.5, 0.6) is 5.88 Å². The molecule has 0 saturated heterocycles. The Hall–Kier alpha value is -1.66. The monoisotopic (exact) mass is 359 g/mol. The zero-order valence-corrected chi connectivity index (χ0v) is 15.5. The van der Waals surface area contributed by atoms with Crippen LogP contribution in [0.3, 0.4) is 0 Å². The molecule has 0 aliphatic heterocycles. The molecule has 1 unspecified atom stereocenters. The van der Waals surface area contributed by atoms with Crippen LogP contribution in [0.1, 0.15) is 55.4 Å². The molecule has 0 amide bonds. The van der Waals surface area contributed by atoms with Crippen molar-refractivity contribution in [3.05, 3.63) is 29.1 Å². The first kappa shape index (κ1) is 16.8. The molecule has 0 bridgehead atoms. The zero-order chi connectivity index (χ0) is 17.4. The van der Waals surface area contributed by atoms with E-state index in [1.165, 1.54) is 10.4 Å². The van der Waals surface area contributed by atoms with Crippen molar-refractivity contribution in [2.75, 3.05) is 6.61 Å². The molecule has 2 heterocycles. The normalized spacial score (nSPS) is 25.8. The number of nitrogens with zero attached hydrogens (tertiary/aromatic N) is 2. The fourth-order valence-electron chi connectivity index (χ4n) is 4.01. The summed E-state index contributed by atoms with van der Waals surface area (Å²) in [6, 6.07) is 0.314. The topological polar surface area (TPSA) is 70.3 Å². The first-order valence-corrected chi connectivity index (χ1v) is 9.99. The van der Waals surface area contributed by atoms with Crippen molar-refractivity contribution in [1.29, 1.82) is 0 Å². The maximum absolute atomic E-state index is 6.32. The average Bonchev–Trinajstić information content (AvgIpc) is 3.16. The van der Waals surface area contributed by atoms with E-state index in [1.54, 1.807) is 17.7 Å². The summed E-state index contributed by atoms with van der Waals surface area (Å²) >= 11 is 1.75. The van der Waals surface area contributed by atoms with Crippen molar-refractivity contribution in [1.82, 2.24) is 9.97 Å². The molecule has 2 N–H and O–H groups in total. The number of thiophene rings is 1. The zero-order valence-electron chi connectivity index (χ0n) is 14.7. The molecule has 5 nitrogen and oxygen atoms in total. The van der Waals surface area contributed by atoms with E-state index in [1.807, 2.05) is 6.92 Å². The van der Waals surface area contributed by atoms with Crippen LogP contribution in [0.4, 0.5) is 0 Å². The summed E-state index contributed by atoms with van der Waals surface area (Å²) < 4.78 is 12.0. The lowest BCUT2D eigenvalue weighted by molar-refractivity contribution is 0.143. The van der Waals surface area contributed by atoms with E-state index in [-0.39, 0.29) is 12.0 Å². The Morgan fingerprint density at radius 3 is 2.84 bits per heavy atom. The molecule has 0 spiro atoms. The second-order valence-electron chi connectivity index (χ2n) is 6.94. The predicted molar refractivity (Wildman–Crippen MR) is 100 cm³/mol. The largest absolute Gasteiger partial charge is 0.498 e. The fourth-order valence-corrected chi connectivity index (χ4v) is 5.22. The third-order valence-corrected chi connectivity index (χ3v) is 6.46. The van der Waals surface area contributed by atoms with E-state index in [0.717, 1.165) is 60.4 Å². The second-order valence-corrected chi connectivity index (χ2v) is 8.03. The number of allylic oxidation sites excluding steroid dienone is 1. The summed E-state index contributed by atoms with van der Waals surface area (Å²) in [5, 5.41) is 1.07. The van der Waals surface area contributed by atoms with Gasteiger partial charge in [-0.05, 0) is 51.0 Å². The van der Waals surface area contributed by atoms with Gasteiger partial charge < -0.3 is 15.2 Å². The number of aromatic nitrogens is 2. The molecular weight excluding hydrogens is 334 g/mol. The predicted octanol–water partition coefficient (Wildman–Crippen LogP) is 3.92. The van der Waals surface area contributed by atoms with Crippen molar-refractivity contribution in [3.8, 4) is 5.88 Å². The van der Waals surface area contributed by atoms with E-state index in [4.69, 9.17) is 15.2 Å². The van der Waals surface area contributed by atoms with Gasteiger partial charge in [-0.2, -0.15) is 0 Å². The van der Waals surface area contributed by atoms with E-state index < -0.39 is 0 Å². The van der Waals surface area contributed by atoms with E-state index >= 15 is 0 Å². The van der Waals surface area contributed by atoms with Crippen LogP contribution in [-0.2, 0) is 11.2 Å². The minimum atomic E-state index is 0.198. The second kappa shape index (κ2) is 6.92. The highest BCUT2D eigenvalue weighted by Gasteiger charge is 2.33. The van der Waals surface area contributed by atoms with Crippen LogP contribution in [0.25, 0.3) is 10.2 Å². The Bertz CT molecular complexity index is 780. The van der Waals surface area contributed by atoms with Crippen molar-refractivity contribution in [2.45, 2.75) is 63.5 Å². The average molecular weight is 359 g/mol. The van der Waals surface area contributed by atoms with Crippen molar-refractivity contribution in [2.24, 2.45) is 5.73 Å². The fraction of sp³-hybridized carbons (Fsp3) is 0.579. The third-order valence-electron chi connectivity index (χ3n) is 5.29. The van der Waals surface area contributed by atoms with Crippen LogP contribution in [0.2, 0.25) is 0 Å². The molecule has 134 valence electrons. The Kier molecular flexibility index (Phi) is 4.65. The lowest BCUT2D eigenvalue weighted by Gasteiger charge is -2.26. The van der Waals surface area contributed by atoms with Crippen LogP contribution < -0.4 is 10.5 Å². The Morgan fingerprint density at radius 2 is 2.08 bits per heavy atom.